The van der Waals surface area contributed by atoms with E-state index in [1.165, 1.54) is 5.56 Å². The van der Waals surface area contributed by atoms with E-state index in [1.54, 1.807) is 0 Å². The number of nitrogens with zero attached hydrogens (tertiary/aromatic N) is 2. The zero-order valence-corrected chi connectivity index (χ0v) is 14.2. The van der Waals surface area contributed by atoms with Crippen LogP contribution < -0.4 is 10.6 Å². The first-order valence-corrected chi connectivity index (χ1v) is 8.27. The number of carboxylic acids is 1. The molecule has 132 valence electrons. The maximum atomic E-state index is 10.4. The lowest BCUT2D eigenvalue weighted by atomic mass is 10.1. The standard InChI is InChI=1S/C17H26N4O3/c1-12(2)13-3-4-15-20-10-14(21(15)11-13)9-18-7-8-19-16(22)5-6-17(23)24/h3-4,10-12,16,18-19,22H,5-9H2,1-2H3,(H,23,24). The molecule has 1 atom stereocenters. The number of carbonyl (C=O) groups is 1. The smallest absolute Gasteiger partial charge is 0.303 e. The van der Waals surface area contributed by atoms with E-state index in [9.17, 15) is 9.90 Å². The lowest BCUT2D eigenvalue weighted by molar-refractivity contribution is -0.137. The fourth-order valence-corrected chi connectivity index (χ4v) is 2.43. The molecule has 2 rings (SSSR count). The van der Waals surface area contributed by atoms with Gasteiger partial charge in [-0.2, -0.15) is 0 Å². The minimum Gasteiger partial charge on any atom is -0.481 e. The number of rotatable bonds is 10. The second kappa shape index (κ2) is 8.77. The molecule has 2 aromatic heterocycles. The Hall–Kier alpha value is -1.96. The highest BCUT2D eigenvalue weighted by Crippen LogP contribution is 2.16. The number of carboxylic acid groups (broad SMARTS) is 1. The van der Waals surface area contributed by atoms with E-state index in [0.717, 1.165) is 11.3 Å². The fourth-order valence-electron chi connectivity index (χ4n) is 2.43. The molecular weight excluding hydrogens is 308 g/mol. The zero-order valence-electron chi connectivity index (χ0n) is 14.2. The van der Waals surface area contributed by atoms with E-state index in [2.05, 4.69) is 46.1 Å². The van der Waals surface area contributed by atoms with E-state index in [0.29, 0.717) is 25.6 Å². The van der Waals surface area contributed by atoms with Gasteiger partial charge in [0.15, 0.2) is 0 Å². The van der Waals surface area contributed by atoms with Crippen molar-refractivity contribution in [1.82, 2.24) is 20.0 Å². The van der Waals surface area contributed by atoms with Crippen LogP contribution in [0.5, 0.6) is 0 Å². The Morgan fingerprint density at radius 1 is 1.33 bits per heavy atom. The van der Waals surface area contributed by atoms with Crippen LogP contribution >= 0.6 is 0 Å². The number of aliphatic hydroxyl groups excluding tert-OH is 1. The molecule has 7 nitrogen and oxygen atoms in total. The Morgan fingerprint density at radius 3 is 2.83 bits per heavy atom. The van der Waals surface area contributed by atoms with Crippen LogP contribution in [0.25, 0.3) is 5.65 Å². The Labute approximate surface area is 141 Å². The quantitative estimate of drug-likeness (QED) is 0.386. The van der Waals surface area contributed by atoms with Gasteiger partial charge in [-0.25, -0.2) is 4.98 Å². The van der Waals surface area contributed by atoms with Crippen LogP contribution in [0.15, 0.2) is 24.5 Å². The molecule has 0 aliphatic carbocycles. The summed E-state index contributed by atoms with van der Waals surface area (Å²) in [5, 5.41) is 24.3. The first kappa shape index (κ1) is 18.4. The second-order valence-corrected chi connectivity index (χ2v) is 6.17. The van der Waals surface area contributed by atoms with Crippen molar-refractivity contribution in [2.45, 2.75) is 45.4 Å². The first-order chi connectivity index (χ1) is 11.5. The molecule has 0 saturated heterocycles. The summed E-state index contributed by atoms with van der Waals surface area (Å²) in [7, 11) is 0. The summed E-state index contributed by atoms with van der Waals surface area (Å²) >= 11 is 0. The fraction of sp³-hybridized carbons (Fsp3) is 0.529. The molecule has 7 heteroatoms. The molecule has 0 amide bonds. The summed E-state index contributed by atoms with van der Waals surface area (Å²) in [6, 6.07) is 4.13. The van der Waals surface area contributed by atoms with Crippen molar-refractivity contribution in [3.63, 3.8) is 0 Å². The third-order valence-corrected chi connectivity index (χ3v) is 3.89. The largest absolute Gasteiger partial charge is 0.481 e. The van der Waals surface area contributed by atoms with Crippen molar-refractivity contribution in [2.75, 3.05) is 13.1 Å². The molecule has 0 radical (unpaired) electrons. The van der Waals surface area contributed by atoms with Crippen LogP contribution in [0.4, 0.5) is 0 Å². The third-order valence-electron chi connectivity index (χ3n) is 3.89. The van der Waals surface area contributed by atoms with Gasteiger partial charge in [-0.3, -0.25) is 10.1 Å². The van der Waals surface area contributed by atoms with Gasteiger partial charge in [0.25, 0.3) is 0 Å². The van der Waals surface area contributed by atoms with Crippen LogP contribution in [0, 0.1) is 0 Å². The van der Waals surface area contributed by atoms with Crippen LogP contribution in [-0.4, -0.2) is 44.9 Å². The zero-order chi connectivity index (χ0) is 17.5. The molecular formula is C17H26N4O3. The number of fused-ring (bicyclic) bond motifs is 1. The number of hydrogen-bond acceptors (Lipinski definition) is 5. The highest BCUT2D eigenvalue weighted by Gasteiger charge is 2.07. The van der Waals surface area contributed by atoms with Crippen molar-refractivity contribution >= 4 is 11.6 Å². The lowest BCUT2D eigenvalue weighted by Gasteiger charge is -2.12. The van der Waals surface area contributed by atoms with Gasteiger partial charge in [-0.1, -0.05) is 19.9 Å². The minimum atomic E-state index is -0.901. The summed E-state index contributed by atoms with van der Waals surface area (Å²) in [5.74, 6) is -0.434. The molecule has 2 aromatic rings. The Balaban J connectivity index is 1.77. The van der Waals surface area contributed by atoms with Crippen molar-refractivity contribution in [3.05, 3.63) is 35.8 Å². The molecule has 1 unspecified atom stereocenters. The lowest BCUT2D eigenvalue weighted by Crippen LogP contribution is -2.35. The molecule has 4 N–H and O–H groups in total. The van der Waals surface area contributed by atoms with E-state index in [-0.39, 0.29) is 12.8 Å². The second-order valence-electron chi connectivity index (χ2n) is 6.17. The van der Waals surface area contributed by atoms with E-state index >= 15 is 0 Å². The van der Waals surface area contributed by atoms with Gasteiger partial charge >= 0.3 is 5.97 Å². The van der Waals surface area contributed by atoms with Gasteiger partial charge in [-0.05, 0) is 24.0 Å². The predicted octanol–water partition coefficient (Wildman–Crippen LogP) is 1.32. The highest BCUT2D eigenvalue weighted by molar-refractivity contribution is 5.66. The Morgan fingerprint density at radius 2 is 2.12 bits per heavy atom. The van der Waals surface area contributed by atoms with Gasteiger partial charge in [0.1, 0.15) is 11.9 Å². The number of imidazole rings is 1. The van der Waals surface area contributed by atoms with Crippen LogP contribution in [0.1, 0.15) is 43.9 Å². The topological polar surface area (TPSA) is 98.9 Å². The van der Waals surface area contributed by atoms with Crippen molar-refractivity contribution in [1.29, 1.82) is 0 Å². The average Bonchev–Trinajstić information content (AvgIpc) is 2.95. The molecule has 0 spiro atoms. The number of hydrogen-bond donors (Lipinski definition) is 4. The van der Waals surface area contributed by atoms with Crippen molar-refractivity contribution in [2.24, 2.45) is 0 Å². The van der Waals surface area contributed by atoms with Crippen LogP contribution in [-0.2, 0) is 11.3 Å². The average molecular weight is 334 g/mol. The summed E-state index contributed by atoms with van der Waals surface area (Å²) in [6.07, 6.45) is 3.37. The number of aromatic nitrogens is 2. The first-order valence-electron chi connectivity index (χ1n) is 8.27. The maximum Gasteiger partial charge on any atom is 0.303 e. The summed E-state index contributed by atoms with van der Waals surface area (Å²) in [6.45, 7) is 6.24. The van der Waals surface area contributed by atoms with E-state index in [1.807, 2.05) is 12.3 Å². The molecule has 0 saturated carbocycles. The molecule has 0 aliphatic heterocycles. The van der Waals surface area contributed by atoms with Crippen molar-refractivity contribution in [3.8, 4) is 0 Å². The number of aliphatic carboxylic acids is 1. The monoisotopic (exact) mass is 334 g/mol. The van der Waals surface area contributed by atoms with E-state index in [4.69, 9.17) is 5.11 Å². The third kappa shape index (κ3) is 5.30. The number of aliphatic hydroxyl groups is 1. The molecule has 0 bridgehead atoms. The van der Waals surface area contributed by atoms with Gasteiger partial charge in [0, 0.05) is 32.3 Å². The molecule has 0 fully saturated rings. The molecule has 0 aliphatic rings. The van der Waals surface area contributed by atoms with Crippen LogP contribution in [0.2, 0.25) is 0 Å². The minimum absolute atomic E-state index is 0.0401. The van der Waals surface area contributed by atoms with Crippen LogP contribution in [0.3, 0.4) is 0 Å². The SMILES string of the molecule is CC(C)c1ccc2ncc(CNCCNC(O)CCC(=O)O)n2c1. The number of pyridine rings is 1. The normalized spacial score (nSPS) is 12.8. The Kier molecular flexibility index (Phi) is 6.72. The maximum absolute atomic E-state index is 10.4. The molecule has 0 aromatic carbocycles. The van der Waals surface area contributed by atoms with Crippen molar-refractivity contribution < 1.29 is 15.0 Å². The Bertz CT molecular complexity index is 669. The van der Waals surface area contributed by atoms with Gasteiger partial charge in [0.2, 0.25) is 0 Å². The van der Waals surface area contributed by atoms with E-state index < -0.39 is 12.2 Å². The van der Waals surface area contributed by atoms with Gasteiger partial charge in [-0.15, -0.1) is 0 Å². The highest BCUT2D eigenvalue weighted by atomic mass is 16.4. The summed E-state index contributed by atoms with van der Waals surface area (Å²) in [5.41, 5.74) is 3.28. The molecule has 2 heterocycles. The van der Waals surface area contributed by atoms with Gasteiger partial charge < -0.3 is 19.9 Å². The van der Waals surface area contributed by atoms with Gasteiger partial charge in [0.05, 0.1) is 11.9 Å². The summed E-state index contributed by atoms with van der Waals surface area (Å²) in [4.78, 5) is 14.8. The molecule has 24 heavy (non-hydrogen) atoms. The number of nitrogens with one attached hydrogen (secondary N) is 2. The predicted molar refractivity (Wildman–Crippen MR) is 91.9 cm³/mol. The summed E-state index contributed by atoms with van der Waals surface area (Å²) < 4.78 is 2.09.